The van der Waals surface area contributed by atoms with Gasteiger partial charge in [-0.05, 0) is 69.2 Å². The Labute approximate surface area is 209 Å². The Bertz CT molecular complexity index is 938. The summed E-state index contributed by atoms with van der Waals surface area (Å²) in [4.78, 5) is 26.9. The van der Waals surface area contributed by atoms with E-state index in [0.717, 1.165) is 25.7 Å². The number of carbonyl (C=O) groups excluding carboxylic acids is 2. The Balaban J connectivity index is 1.85. The molecule has 1 amide bonds. The molecule has 0 aliphatic heterocycles. The van der Waals surface area contributed by atoms with E-state index in [1.54, 1.807) is 27.8 Å². The second kappa shape index (κ2) is 14.2. The molecule has 0 bridgehead atoms. The second-order valence-electron chi connectivity index (χ2n) is 9.95. The molecule has 2 aromatic rings. The third-order valence-electron chi connectivity index (χ3n) is 5.68. The summed E-state index contributed by atoms with van der Waals surface area (Å²) in [7, 11) is 1.65. The number of unbranched alkanes of at least 4 members (excludes halogenated alkanes) is 3. The van der Waals surface area contributed by atoms with E-state index < -0.39 is 29.7 Å². The molecule has 0 fully saturated rings. The average Bonchev–Trinajstić information content (AvgIpc) is 2.81. The number of aryl methyl sites for hydroxylation is 1. The lowest BCUT2D eigenvalue weighted by Gasteiger charge is -2.28. The lowest BCUT2D eigenvalue weighted by Crippen LogP contribution is -2.50. The molecule has 0 heterocycles. The summed E-state index contributed by atoms with van der Waals surface area (Å²) < 4.78 is 10.8. The number of rotatable bonds is 14. The van der Waals surface area contributed by atoms with Gasteiger partial charge < -0.3 is 24.6 Å². The molecule has 35 heavy (non-hydrogen) atoms. The van der Waals surface area contributed by atoms with Crippen LogP contribution in [0, 0.1) is 0 Å². The van der Waals surface area contributed by atoms with Crippen LogP contribution in [-0.2, 0) is 25.5 Å². The van der Waals surface area contributed by atoms with Gasteiger partial charge in [0, 0.05) is 26.8 Å². The molecule has 2 rings (SSSR count). The highest BCUT2D eigenvalue weighted by Crippen LogP contribution is 2.18. The fourth-order valence-electron chi connectivity index (χ4n) is 3.78. The van der Waals surface area contributed by atoms with Crippen LogP contribution in [0.25, 0.3) is 10.8 Å². The summed E-state index contributed by atoms with van der Waals surface area (Å²) in [5.74, 6) is -1.34. The topological polar surface area (TPSA) is 96.3 Å². The molecule has 0 aromatic heterocycles. The molecule has 0 unspecified atom stereocenters. The molecular weight excluding hydrogens is 446 g/mol. The van der Waals surface area contributed by atoms with Crippen molar-refractivity contribution in [2.75, 3.05) is 26.8 Å². The smallest absolute Gasteiger partial charge is 0.338 e. The summed E-state index contributed by atoms with van der Waals surface area (Å²) in [5, 5.41) is 22.0. The van der Waals surface area contributed by atoms with Gasteiger partial charge >= 0.3 is 5.97 Å². The first kappa shape index (κ1) is 28.8. The van der Waals surface area contributed by atoms with Crippen LogP contribution in [0.1, 0.15) is 58.4 Å². The highest BCUT2D eigenvalue weighted by atomic mass is 16.6. The molecule has 7 nitrogen and oxygen atoms in total. The molecule has 2 N–H and O–H groups in total. The highest BCUT2D eigenvalue weighted by molar-refractivity contribution is 5.88. The van der Waals surface area contributed by atoms with Crippen LogP contribution < -0.4 is 0 Å². The first-order valence-corrected chi connectivity index (χ1v) is 12.5. The van der Waals surface area contributed by atoms with Crippen LogP contribution in [0.3, 0.4) is 0 Å². The third-order valence-corrected chi connectivity index (χ3v) is 5.68. The molecule has 0 aliphatic rings. The van der Waals surface area contributed by atoms with E-state index in [9.17, 15) is 14.7 Å². The van der Waals surface area contributed by atoms with Crippen LogP contribution in [-0.4, -0.2) is 71.6 Å². The van der Waals surface area contributed by atoms with E-state index in [-0.39, 0.29) is 13.2 Å². The van der Waals surface area contributed by atoms with Crippen molar-refractivity contribution in [2.45, 2.75) is 77.1 Å². The van der Waals surface area contributed by atoms with Gasteiger partial charge in [0.15, 0.2) is 12.2 Å². The predicted octanol–water partition coefficient (Wildman–Crippen LogP) is 3.87. The molecule has 0 spiro atoms. The van der Waals surface area contributed by atoms with Crippen molar-refractivity contribution >= 4 is 22.6 Å². The molecule has 0 saturated carbocycles. The number of carbonyl (C=O) groups is 2. The number of aliphatic hydroxyl groups excluding tert-OH is 2. The normalized spacial score (nSPS) is 13.4. The summed E-state index contributed by atoms with van der Waals surface area (Å²) >= 11 is 0. The fraction of sp³-hybridized carbons (Fsp3) is 0.571. The zero-order valence-corrected chi connectivity index (χ0v) is 21.5. The fourth-order valence-corrected chi connectivity index (χ4v) is 3.78. The van der Waals surface area contributed by atoms with E-state index in [0.29, 0.717) is 19.4 Å². The molecular formula is C28H41NO6. The Hall–Kier alpha value is -2.48. The Morgan fingerprint density at radius 3 is 2.37 bits per heavy atom. The molecule has 0 aliphatic carbocycles. The number of hydrogen-bond acceptors (Lipinski definition) is 6. The van der Waals surface area contributed by atoms with Crippen molar-refractivity contribution < 1.29 is 29.3 Å². The number of amides is 1. The Morgan fingerprint density at radius 2 is 1.69 bits per heavy atom. The van der Waals surface area contributed by atoms with Crippen molar-refractivity contribution in [1.29, 1.82) is 0 Å². The summed E-state index contributed by atoms with van der Waals surface area (Å²) in [5.41, 5.74) is 0.504. The van der Waals surface area contributed by atoms with Gasteiger partial charge in [-0.2, -0.15) is 0 Å². The number of nitrogens with zero attached hydrogens (tertiary/aromatic N) is 1. The van der Waals surface area contributed by atoms with Gasteiger partial charge in [0.05, 0.1) is 0 Å². The lowest BCUT2D eigenvalue weighted by atomic mass is 10.0. The van der Waals surface area contributed by atoms with Gasteiger partial charge in [-0.1, -0.05) is 48.9 Å². The van der Waals surface area contributed by atoms with E-state index in [4.69, 9.17) is 14.6 Å². The molecule has 2 atom stereocenters. The van der Waals surface area contributed by atoms with Gasteiger partial charge in [-0.15, -0.1) is 0 Å². The third kappa shape index (κ3) is 9.96. The number of likely N-dealkylation sites (N-methyl/N-ethyl adjacent to an activating group) is 1. The first-order chi connectivity index (χ1) is 16.6. The van der Waals surface area contributed by atoms with Crippen molar-refractivity contribution in [2.24, 2.45) is 0 Å². The number of esters is 1. The number of aliphatic hydroxyl groups is 2. The average molecular weight is 488 g/mol. The standard InChI is InChI=1S/C28H41NO6/c1-28(2,3)35-27(33)24(31)25(34-19-11-10-18-30)26(32)29(4)17-9-5-6-12-21-15-16-22-13-7-8-14-23(22)20-21/h7-8,13-16,20,24-25,30-31H,5-6,9-12,17-19H2,1-4H3/t24-,25-/m1/s1. The maximum absolute atomic E-state index is 13.0. The highest BCUT2D eigenvalue weighted by Gasteiger charge is 2.37. The lowest BCUT2D eigenvalue weighted by molar-refractivity contribution is -0.179. The summed E-state index contributed by atoms with van der Waals surface area (Å²) in [6, 6.07) is 14.8. The monoisotopic (exact) mass is 487 g/mol. The van der Waals surface area contributed by atoms with Crippen LogP contribution >= 0.6 is 0 Å². The Morgan fingerprint density at radius 1 is 0.971 bits per heavy atom. The molecule has 0 saturated heterocycles. The minimum atomic E-state index is -1.72. The Kier molecular flexibility index (Phi) is 11.6. The van der Waals surface area contributed by atoms with Gasteiger partial charge in [0.1, 0.15) is 5.60 Å². The van der Waals surface area contributed by atoms with Crippen LogP contribution in [0.4, 0.5) is 0 Å². The van der Waals surface area contributed by atoms with Gasteiger partial charge in [0.2, 0.25) is 0 Å². The zero-order chi connectivity index (χ0) is 25.8. The molecule has 7 heteroatoms. The SMILES string of the molecule is CN(CCCCCc1ccc2ccccc2c1)C(=O)[C@H](OCCCCO)[C@@H](O)C(=O)OC(C)(C)C. The van der Waals surface area contributed by atoms with Gasteiger partial charge in [-0.25, -0.2) is 4.79 Å². The molecule has 2 aromatic carbocycles. The van der Waals surface area contributed by atoms with Crippen molar-refractivity contribution in [3.8, 4) is 0 Å². The predicted molar refractivity (Wildman–Crippen MR) is 137 cm³/mol. The van der Waals surface area contributed by atoms with E-state index in [1.165, 1.54) is 21.2 Å². The minimum Gasteiger partial charge on any atom is -0.458 e. The molecule has 194 valence electrons. The van der Waals surface area contributed by atoms with Gasteiger partial charge in [0.25, 0.3) is 5.91 Å². The largest absolute Gasteiger partial charge is 0.458 e. The van der Waals surface area contributed by atoms with E-state index in [1.807, 2.05) is 12.1 Å². The number of fused-ring (bicyclic) bond motifs is 1. The molecule has 0 radical (unpaired) electrons. The number of hydrogen-bond donors (Lipinski definition) is 2. The zero-order valence-electron chi connectivity index (χ0n) is 21.5. The minimum absolute atomic E-state index is 0.00962. The summed E-state index contributed by atoms with van der Waals surface area (Å²) in [6.07, 6.45) is 1.68. The van der Waals surface area contributed by atoms with Crippen LogP contribution in [0.2, 0.25) is 0 Å². The maximum Gasteiger partial charge on any atom is 0.338 e. The maximum atomic E-state index is 13.0. The van der Waals surface area contributed by atoms with Crippen molar-refractivity contribution in [3.63, 3.8) is 0 Å². The second-order valence-corrected chi connectivity index (χ2v) is 9.95. The van der Waals surface area contributed by atoms with Crippen LogP contribution in [0.15, 0.2) is 42.5 Å². The van der Waals surface area contributed by atoms with Gasteiger partial charge in [-0.3, -0.25) is 4.79 Å². The number of benzene rings is 2. The van der Waals surface area contributed by atoms with E-state index in [2.05, 4.69) is 30.3 Å². The number of ether oxygens (including phenoxy) is 2. The quantitative estimate of drug-likeness (QED) is 0.310. The summed E-state index contributed by atoms with van der Waals surface area (Å²) in [6.45, 7) is 5.74. The van der Waals surface area contributed by atoms with Crippen LogP contribution in [0.5, 0.6) is 0 Å². The van der Waals surface area contributed by atoms with Crippen molar-refractivity contribution in [1.82, 2.24) is 4.90 Å². The van der Waals surface area contributed by atoms with E-state index >= 15 is 0 Å². The first-order valence-electron chi connectivity index (χ1n) is 12.5. The van der Waals surface area contributed by atoms with Crippen molar-refractivity contribution in [3.05, 3.63) is 48.0 Å².